The topological polar surface area (TPSA) is 85.1 Å². The van der Waals surface area contributed by atoms with E-state index in [-0.39, 0.29) is 15.9 Å². The Bertz CT molecular complexity index is 586. The third-order valence-corrected chi connectivity index (χ3v) is 6.15. The highest BCUT2D eigenvalue weighted by molar-refractivity contribution is 7.99. The highest BCUT2D eigenvalue weighted by Crippen LogP contribution is 2.29. The van der Waals surface area contributed by atoms with Crippen molar-refractivity contribution < 1.29 is 8.42 Å². The summed E-state index contributed by atoms with van der Waals surface area (Å²) in [4.78, 5) is 4.26. The summed E-state index contributed by atoms with van der Waals surface area (Å²) in [6.45, 7) is 0. The molecule has 0 aromatic carbocycles. The van der Waals surface area contributed by atoms with Crippen molar-refractivity contribution in [2.75, 3.05) is 6.26 Å². The molecule has 20 heavy (non-hydrogen) atoms. The number of pyridine rings is 1. The third kappa shape index (κ3) is 3.69. The Hall–Kier alpha value is -0.700. The zero-order valence-corrected chi connectivity index (χ0v) is 13.5. The van der Waals surface area contributed by atoms with Gasteiger partial charge in [0.25, 0.3) is 0 Å². The molecule has 110 valence electrons. The van der Waals surface area contributed by atoms with Crippen LogP contribution >= 0.6 is 24.0 Å². The Kier molecular flexibility index (Phi) is 5.00. The molecule has 5 nitrogen and oxygen atoms in total. The Labute approximate surface area is 128 Å². The van der Waals surface area contributed by atoms with Crippen LogP contribution in [0.5, 0.6) is 0 Å². The second-order valence-electron chi connectivity index (χ2n) is 4.73. The van der Waals surface area contributed by atoms with E-state index >= 15 is 0 Å². The van der Waals surface area contributed by atoms with E-state index < -0.39 is 10.0 Å². The van der Waals surface area contributed by atoms with Gasteiger partial charge in [0.1, 0.15) is 9.88 Å². The monoisotopic (exact) mass is 331 g/mol. The third-order valence-electron chi connectivity index (χ3n) is 3.34. The molecule has 2 unspecified atom stereocenters. The summed E-state index contributed by atoms with van der Waals surface area (Å²) < 4.78 is 27.2. The Balaban J connectivity index is 2.08. The number of nitrogens with one attached hydrogen (secondary N) is 1. The lowest BCUT2D eigenvalue weighted by molar-refractivity contribution is 0.552. The van der Waals surface area contributed by atoms with E-state index in [2.05, 4.69) is 16.0 Å². The minimum Gasteiger partial charge on any atom is -0.388 e. The fourth-order valence-electron chi connectivity index (χ4n) is 2.23. The summed E-state index contributed by atoms with van der Waals surface area (Å²) in [5, 5.41) is 0.540. The Morgan fingerprint density at radius 2 is 2.25 bits per heavy atom. The molecule has 1 aliphatic rings. The fourth-order valence-corrected chi connectivity index (χ4v) is 4.38. The van der Waals surface area contributed by atoms with Crippen LogP contribution in [-0.4, -0.2) is 35.9 Å². The maximum Gasteiger partial charge on any atom is 0.242 e. The first-order valence-electron chi connectivity index (χ1n) is 6.23. The van der Waals surface area contributed by atoms with Gasteiger partial charge >= 0.3 is 0 Å². The molecule has 1 fully saturated rings. The molecule has 2 atom stereocenters. The van der Waals surface area contributed by atoms with Gasteiger partial charge in [0.05, 0.1) is 5.69 Å². The van der Waals surface area contributed by atoms with Gasteiger partial charge in [-0.15, -0.1) is 0 Å². The minimum absolute atomic E-state index is 0.00714. The number of nitrogens with two attached hydrogens (primary N) is 1. The molecule has 8 heteroatoms. The van der Waals surface area contributed by atoms with E-state index in [1.165, 1.54) is 18.3 Å². The molecule has 1 aliphatic carbocycles. The summed E-state index contributed by atoms with van der Waals surface area (Å²) in [6.07, 6.45) is 6.15. The van der Waals surface area contributed by atoms with Crippen LogP contribution in [0.25, 0.3) is 0 Å². The molecule has 1 saturated carbocycles. The molecule has 2 rings (SSSR count). The lowest BCUT2D eigenvalue weighted by Gasteiger charge is -2.13. The lowest BCUT2D eigenvalue weighted by Crippen LogP contribution is -2.33. The van der Waals surface area contributed by atoms with Crippen molar-refractivity contribution >= 4 is 39.0 Å². The molecule has 0 amide bonds. The molecule has 3 N–H and O–H groups in total. The average Bonchev–Trinajstić information content (AvgIpc) is 2.85. The number of thioether (sulfide) groups is 1. The van der Waals surface area contributed by atoms with Crippen LogP contribution in [0.2, 0.25) is 0 Å². The highest BCUT2D eigenvalue weighted by Gasteiger charge is 2.28. The number of hydrogen-bond donors (Lipinski definition) is 2. The van der Waals surface area contributed by atoms with E-state index in [0.717, 1.165) is 19.3 Å². The van der Waals surface area contributed by atoms with Crippen LogP contribution < -0.4 is 10.5 Å². The molecule has 0 spiro atoms. The summed E-state index contributed by atoms with van der Waals surface area (Å²) in [6, 6.07) is 3.01. The zero-order chi connectivity index (χ0) is 14.8. The van der Waals surface area contributed by atoms with Crippen molar-refractivity contribution in [3.8, 4) is 0 Å². The van der Waals surface area contributed by atoms with Crippen LogP contribution in [0.1, 0.15) is 25.0 Å². The predicted molar refractivity (Wildman–Crippen MR) is 85.4 cm³/mol. The van der Waals surface area contributed by atoms with Gasteiger partial charge in [-0.25, -0.2) is 13.1 Å². The van der Waals surface area contributed by atoms with Gasteiger partial charge in [-0.1, -0.05) is 12.2 Å². The smallest absolute Gasteiger partial charge is 0.242 e. The summed E-state index contributed by atoms with van der Waals surface area (Å²) in [5.41, 5.74) is 5.86. The number of sulfonamides is 1. The molecule has 1 aromatic rings. The number of aromatic nitrogens is 1. The maximum atomic E-state index is 12.2. The van der Waals surface area contributed by atoms with E-state index in [0.29, 0.717) is 10.9 Å². The van der Waals surface area contributed by atoms with Gasteiger partial charge in [0, 0.05) is 17.5 Å². The van der Waals surface area contributed by atoms with E-state index in [1.54, 1.807) is 11.8 Å². The molecule has 0 aliphatic heterocycles. The molecule has 0 bridgehead atoms. The van der Waals surface area contributed by atoms with Crippen molar-refractivity contribution in [2.24, 2.45) is 5.73 Å². The Morgan fingerprint density at radius 1 is 1.50 bits per heavy atom. The largest absolute Gasteiger partial charge is 0.388 e. The average molecular weight is 331 g/mol. The quantitative estimate of drug-likeness (QED) is 0.791. The van der Waals surface area contributed by atoms with Crippen LogP contribution in [0.15, 0.2) is 23.2 Å². The highest BCUT2D eigenvalue weighted by atomic mass is 32.2. The predicted octanol–water partition coefficient (Wildman–Crippen LogP) is 1.28. The number of hydrogen-bond acceptors (Lipinski definition) is 5. The van der Waals surface area contributed by atoms with Crippen LogP contribution in [0.3, 0.4) is 0 Å². The van der Waals surface area contributed by atoms with Crippen LogP contribution in [0, 0.1) is 0 Å². The summed E-state index contributed by atoms with van der Waals surface area (Å²) >= 11 is 6.58. The number of thiocarbonyl (C=S) groups is 1. The normalized spacial score (nSPS) is 22.9. The van der Waals surface area contributed by atoms with E-state index in [1.807, 2.05) is 0 Å². The fraction of sp³-hybridized carbons (Fsp3) is 0.500. The first-order chi connectivity index (χ1) is 9.42. The minimum atomic E-state index is -3.52. The second-order valence-corrected chi connectivity index (χ2v) is 8.02. The summed E-state index contributed by atoms with van der Waals surface area (Å²) in [7, 11) is -3.52. The van der Waals surface area contributed by atoms with Crippen molar-refractivity contribution in [3.05, 3.63) is 24.0 Å². The molecule has 1 aromatic heterocycles. The van der Waals surface area contributed by atoms with Gasteiger partial charge in [-0.3, -0.25) is 4.98 Å². The molecular weight excluding hydrogens is 314 g/mol. The second kappa shape index (κ2) is 6.38. The number of rotatable bonds is 5. The molecular formula is C12H17N3O2S3. The first kappa shape index (κ1) is 15.7. The SMILES string of the molecule is CSC1CCC(NS(=O)(=O)c2ccc(C(N)=S)nc2)C1. The van der Waals surface area contributed by atoms with Crippen LogP contribution in [-0.2, 0) is 10.0 Å². The van der Waals surface area contributed by atoms with Crippen LogP contribution in [0.4, 0.5) is 0 Å². The molecule has 1 heterocycles. The zero-order valence-electron chi connectivity index (χ0n) is 11.1. The summed E-state index contributed by atoms with van der Waals surface area (Å²) in [5.74, 6) is 0. The van der Waals surface area contributed by atoms with Crippen molar-refractivity contribution in [1.82, 2.24) is 9.71 Å². The molecule has 0 saturated heterocycles. The van der Waals surface area contributed by atoms with Gasteiger partial charge in [-0.2, -0.15) is 11.8 Å². The van der Waals surface area contributed by atoms with Crippen molar-refractivity contribution in [3.63, 3.8) is 0 Å². The standard InChI is InChI=1S/C12H17N3O2S3/c1-19-9-3-2-8(6-9)15-20(16,17)10-4-5-11(12(13)18)14-7-10/h4-5,7-9,15H,2-3,6H2,1H3,(H2,13,18). The maximum absolute atomic E-state index is 12.2. The van der Waals surface area contributed by atoms with Crippen molar-refractivity contribution in [2.45, 2.75) is 35.4 Å². The van der Waals surface area contributed by atoms with Gasteiger partial charge < -0.3 is 5.73 Å². The van der Waals surface area contributed by atoms with Gasteiger partial charge in [0.15, 0.2) is 0 Å². The Morgan fingerprint density at radius 3 is 2.75 bits per heavy atom. The van der Waals surface area contributed by atoms with Crippen molar-refractivity contribution in [1.29, 1.82) is 0 Å². The molecule has 0 radical (unpaired) electrons. The van der Waals surface area contributed by atoms with E-state index in [9.17, 15) is 8.42 Å². The lowest BCUT2D eigenvalue weighted by atomic mass is 10.3. The van der Waals surface area contributed by atoms with E-state index in [4.69, 9.17) is 18.0 Å². The van der Waals surface area contributed by atoms with Gasteiger partial charge in [-0.05, 0) is 37.7 Å². The number of nitrogens with zero attached hydrogens (tertiary/aromatic N) is 1. The van der Waals surface area contributed by atoms with Gasteiger partial charge in [0.2, 0.25) is 10.0 Å². The first-order valence-corrected chi connectivity index (χ1v) is 9.41.